The number of anilines is 1. The van der Waals surface area contributed by atoms with Gasteiger partial charge in [-0.2, -0.15) is 0 Å². The highest BCUT2D eigenvalue weighted by atomic mass is 32.2. The molecule has 37 heavy (non-hydrogen) atoms. The van der Waals surface area contributed by atoms with E-state index in [2.05, 4.69) is 5.32 Å². The van der Waals surface area contributed by atoms with E-state index >= 15 is 0 Å². The van der Waals surface area contributed by atoms with Crippen LogP contribution in [0.5, 0.6) is 5.75 Å². The van der Waals surface area contributed by atoms with E-state index in [9.17, 15) is 32.5 Å². The van der Waals surface area contributed by atoms with Crippen molar-refractivity contribution in [3.05, 3.63) is 64.0 Å². The number of ether oxygens (including phenoxy) is 1. The lowest BCUT2D eigenvalue weighted by Gasteiger charge is -2.33. The molecule has 0 spiro atoms. The van der Waals surface area contributed by atoms with Gasteiger partial charge in [-0.1, -0.05) is 18.2 Å². The average Bonchev–Trinajstić information content (AvgIpc) is 2.79. The van der Waals surface area contributed by atoms with Gasteiger partial charge < -0.3 is 15.0 Å². The van der Waals surface area contributed by atoms with Gasteiger partial charge in [0.05, 0.1) is 18.3 Å². The molecule has 13 heteroatoms. The third-order valence-electron chi connectivity index (χ3n) is 5.29. The van der Waals surface area contributed by atoms with Crippen LogP contribution in [0.25, 0.3) is 0 Å². The van der Waals surface area contributed by atoms with Gasteiger partial charge in [0.2, 0.25) is 21.8 Å². The predicted molar refractivity (Wildman–Crippen MR) is 136 cm³/mol. The van der Waals surface area contributed by atoms with Gasteiger partial charge in [-0.05, 0) is 39.8 Å². The van der Waals surface area contributed by atoms with E-state index in [1.807, 2.05) is 0 Å². The first kappa shape index (κ1) is 29.5. The van der Waals surface area contributed by atoms with Crippen molar-refractivity contribution in [3.8, 4) is 5.75 Å². The Bertz CT molecular complexity index is 1280. The number of nitrogens with zero attached hydrogens (tertiary/aromatic N) is 3. The molecule has 1 N–H and O–H groups in total. The number of rotatable bonds is 10. The largest absolute Gasteiger partial charge is 0.495 e. The predicted octanol–water partition coefficient (Wildman–Crippen LogP) is 2.84. The number of non-ortho nitro benzene ring substituents is 1. The van der Waals surface area contributed by atoms with Crippen LogP contribution >= 0.6 is 0 Å². The van der Waals surface area contributed by atoms with Crippen molar-refractivity contribution in [1.29, 1.82) is 0 Å². The summed E-state index contributed by atoms with van der Waals surface area (Å²) in [4.78, 5) is 38.1. The number of hydrogen-bond donors (Lipinski definition) is 1. The molecule has 2 amide bonds. The van der Waals surface area contributed by atoms with E-state index in [4.69, 9.17) is 4.74 Å². The van der Waals surface area contributed by atoms with Crippen LogP contribution in [0.2, 0.25) is 0 Å². The number of methoxy groups -OCH3 is 1. The highest BCUT2D eigenvalue weighted by Crippen LogP contribution is 2.34. The molecule has 0 heterocycles. The maximum absolute atomic E-state index is 14.5. The lowest BCUT2D eigenvalue weighted by molar-refractivity contribution is -0.384. The van der Waals surface area contributed by atoms with Gasteiger partial charge in [-0.3, -0.25) is 24.0 Å². The zero-order chi connectivity index (χ0) is 28.1. The first-order valence-corrected chi connectivity index (χ1v) is 13.0. The molecule has 0 radical (unpaired) electrons. The van der Waals surface area contributed by atoms with Crippen molar-refractivity contribution < 1.29 is 32.1 Å². The van der Waals surface area contributed by atoms with Gasteiger partial charge in [0.15, 0.2) is 0 Å². The van der Waals surface area contributed by atoms with Crippen LogP contribution in [0, 0.1) is 15.9 Å². The lowest BCUT2D eigenvalue weighted by Crippen LogP contribution is -2.54. The normalized spacial score (nSPS) is 12.4. The minimum atomic E-state index is -4.17. The topological polar surface area (TPSA) is 139 Å². The molecule has 0 bridgehead atoms. The molecule has 0 saturated carbocycles. The van der Waals surface area contributed by atoms with Gasteiger partial charge in [0.1, 0.15) is 29.8 Å². The van der Waals surface area contributed by atoms with Crippen molar-refractivity contribution >= 4 is 33.2 Å². The summed E-state index contributed by atoms with van der Waals surface area (Å²) in [7, 11) is -2.92. The fraction of sp³-hybridized carbons (Fsp3) is 0.417. The molecule has 0 aromatic heterocycles. The fourth-order valence-electron chi connectivity index (χ4n) is 3.45. The Morgan fingerprint density at radius 1 is 1.19 bits per heavy atom. The number of nitro benzene ring substituents is 1. The third kappa shape index (κ3) is 7.87. The number of nitrogens with one attached hydrogen (secondary N) is 1. The zero-order valence-electron chi connectivity index (χ0n) is 21.5. The van der Waals surface area contributed by atoms with Crippen LogP contribution in [0.4, 0.5) is 15.8 Å². The Morgan fingerprint density at radius 2 is 1.81 bits per heavy atom. The Morgan fingerprint density at radius 3 is 2.32 bits per heavy atom. The number of nitro groups is 1. The minimum Gasteiger partial charge on any atom is -0.495 e. The molecule has 2 aromatic rings. The van der Waals surface area contributed by atoms with Crippen LogP contribution in [0.15, 0.2) is 42.5 Å². The number of benzene rings is 2. The molecule has 11 nitrogen and oxygen atoms in total. The van der Waals surface area contributed by atoms with E-state index < -0.39 is 56.4 Å². The van der Waals surface area contributed by atoms with E-state index in [0.29, 0.717) is 4.31 Å². The van der Waals surface area contributed by atoms with Gasteiger partial charge in [0, 0.05) is 29.8 Å². The van der Waals surface area contributed by atoms with Gasteiger partial charge in [-0.25, -0.2) is 12.8 Å². The summed E-state index contributed by atoms with van der Waals surface area (Å²) in [5, 5.41) is 14.1. The van der Waals surface area contributed by atoms with E-state index in [-0.39, 0.29) is 23.5 Å². The second-order valence-corrected chi connectivity index (χ2v) is 11.3. The lowest BCUT2D eigenvalue weighted by atomic mass is 10.1. The highest BCUT2D eigenvalue weighted by molar-refractivity contribution is 7.92. The summed E-state index contributed by atoms with van der Waals surface area (Å²) in [6.07, 6.45) is 0.829. The minimum absolute atomic E-state index is 0.0250. The van der Waals surface area contributed by atoms with Crippen LogP contribution in [-0.4, -0.2) is 61.5 Å². The van der Waals surface area contributed by atoms with Crippen LogP contribution in [0.3, 0.4) is 0 Å². The smallest absolute Gasteiger partial charge is 0.271 e. The molecule has 202 valence electrons. The first-order valence-electron chi connectivity index (χ1n) is 11.2. The Labute approximate surface area is 215 Å². The number of carbonyl (C=O) groups excluding carboxylic acids is 2. The van der Waals surface area contributed by atoms with Crippen molar-refractivity contribution in [1.82, 2.24) is 10.2 Å². The number of hydrogen-bond acceptors (Lipinski definition) is 7. The van der Waals surface area contributed by atoms with E-state index in [0.717, 1.165) is 23.3 Å². The van der Waals surface area contributed by atoms with Crippen LogP contribution in [0.1, 0.15) is 33.3 Å². The summed E-state index contributed by atoms with van der Waals surface area (Å²) in [5.74, 6) is -2.00. The number of carbonyl (C=O) groups is 2. The SMILES string of the molecule is COc1ccc([N+](=O)[O-])cc1N(CC(=O)N(Cc1ccccc1F)C(C)C(=O)NC(C)(C)C)S(C)(=O)=O. The molecular weight excluding hydrogens is 507 g/mol. The van der Waals surface area contributed by atoms with Crippen molar-refractivity contribution in [2.24, 2.45) is 0 Å². The molecule has 2 rings (SSSR count). The molecular formula is C24H31FN4O7S. The number of amides is 2. The maximum Gasteiger partial charge on any atom is 0.271 e. The van der Waals surface area contributed by atoms with Gasteiger partial charge in [0.25, 0.3) is 5.69 Å². The number of halogens is 1. The van der Waals surface area contributed by atoms with Crippen LogP contribution in [-0.2, 0) is 26.2 Å². The summed E-state index contributed by atoms with van der Waals surface area (Å²) in [6, 6.07) is 7.90. The molecule has 1 atom stereocenters. The monoisotopic (exact) mass is 538 g/mol. The second kappa shape index (κ2) is 11.5. The van der Waals surface area contributed by atoms with Crippen molar-refractivity contribution in [2.45, 2.75) is 45.8 Å². The molecule has 0 aliphatic heterocycles. The van der Waals surface area contributed by atoms with Crippen molar-refractivity contribution in [3.63, 3.8) is 0 Å². The quantitative estimate of drug-likeness (QED) is 0.362. The first-order chi connectivity index (χ1) is 17.0. The summed E-state index contributed by atoms with van der Waals surface area (Å²) in [5.41, 5.74) is -1.17. The second-order valence-electron chi connectivity index (χ2n) is 9.41. The summed E-state index contributed by atoms with van der Waals surface area (Å²) >= 11 is 0. The van der Waals surface area contributed by atoms with E-state index in [1.165, 1.54) is 38.3 Å². The molecule has 0 saturated heterocycles. The molecule has 0 aliphatic rings. The summed E-state index contributed by atoms with van der Waals surface area (Å²) in [6.45, 7) is 5.55. The molecule has 0 aliphatic carbocycles. The highest BCUT2D eigenvalue weighted by Gasteiger charge is 2.33. The van der Waals surface area contributed by atoms with E-state index in [1.54, 1.807) is 26.8 Å². The molecule has 2 aromatic carbocycles. The average molecular weight is 539 g/mol. The molecule has 0 fully saturated rings. The standard InChI is InChI=1S/C24H31FN4O7S/c1-16(23(31)26-24(2,3)4)27(14-17-9-7-8-10-19(17)25)22(30)15-28(37(6,34)35)20-13-18(29(32)33)11-12-21(20)36-5/h7-13,16H,14-15H2,1-6H3,(H,26,31). The summed E-state index contributed by atoms with van der Waals surface area (Å²) < 4.78 is 45.8. The fourth-order valence-corrected chi connectivity index (χ4v) is 4.29. The number of sulfonamides is 1. The van der Waals surface area contributed by atoms with Gasteiger partial charge in [-0.15, -0.1) is 0 Å². The third-order valence-corrected chi connectivity index (χ3v) is 6.41. The Kier molecular flexibility index (Phi) is 9.20. The Balaban J connectivity index is 2.55. The zero-order valence-corrected chi connectivity index (χ0v) is 22.3. The molecule has 1 unspecified atom stereocenters. The van der Waals surface area contributed by atoms with Crippen LogP contribution < -0.4 is 14.4 Å². The van der Waals surface area contributed by atoms with Crippen molar-refractivity contribution in [2.75, 3.05) is 24.2 Å². The van der Waals surface area contributed by atoms with Gasteiger partial charge >= 0.3 is 0 Å². The maximum atomic E-state index is 14.5. The Hall–Kier alpha value is -3.74.